The molecule has 1 aliphatic rings. The summed E-state index contributed by atoms with van der Waals surface area (Å²) >= 11 is 0. The van der Waals surface area contributed by atoms with Gasteiger partial charge < -0.3 is 20.5 Å². The van der Waals surface area contributed by atoms with E-state index in [1.807, 2.05) is 19.9 Å². The van der Waals surface area contributed by atoms with Crippen molar-refractivity contribution in [2.24, 2.45) is 5.41 Å². The lowest BCUT2D eigenvalue weighted by Gasteiger charge is -2.16. The van der Waals surface area contributed by atoms with Crippen LogP contribution in [0.4, 0.5) is 11.6 Å². The molecule has 1 saturated carbocycles. The molecule has 6 heteroatoms. The number of ether oxygens (including phenoxy) is 1. The molecular weight excluding hydrogens is 268 g/mol. The molecule has 0 aliphatic heterocycles. The second-order valence-corrected chi connectivity index (χ2v) is 5.55. The van der Waals surface area contributed by atoms with Crippen LogP contribution in [0.25, 0.3) is 0 Å². The summed E-state index contributed by atoms with van der Waals surface area (Å²) in [7, 11) is 0. The Morgan fingerprint density at radius 2 is 1.95 bits per heavy atom. The standard InChI is InChI=1S/C15H26N4O2/c1-3-16-12-9-13(19-14(18-12)10-21-4-2)17-11-15(5-6-15)7-8-20/h9,20H,3-8,10-11H2,1-2H3,(H2,16,17,18,19). The van der Waals surface area contributed by atoms with Crippen molar-refractivity contribution in [1.29, 1.82) is 0 Å². The van der Waals surface area contributed by atoms with Gasteiger partial charge >= 0.3 is 0 Å². The predicted molar refractivity (Wildman–Crippen MR) is 83.4 cm³/mol. The van der Waals surface area contributed by atoms with Crippen LogP contribution in [0.5, 0.6) is 0 Å². The smallest absolute Gasteiger partial charge is 0.158 e. The highest BCUT2D eigenvalue weighted by atomic mass is 16.5. The number of aliphatic hydroxyl groups excluding tert-OH is 1. The molecule has 3 N–H and O–H groups in total. The van der Waals surface area contributed by atoms with E-state index in [9.17, 15) is 0 Å². The van der Waals surface area contributed by atoms with E-state index in [4.69, 9.17) is 9.84 Å². The summed E-state index contributed by atoms with van der Waals surface area (Å²) in [6.45, 7) is 6.99. The number of anilines is 2. The van der Waals surface area contributed by atoms with E-state index in [0.717, 1.165) is 31.1 Å². The number of hydrogen-bond donors (Lipinski definition) is 3. The Morgan fingerprint density at radius 3 is 2.52 bits per heavy atom. The first-order valence-corrected chi connectivity index (χ1v) is 7.75. The minimum Gasteiger partial charge on any atom is -0.396 e. The number of aromatic nitrogens is 2. The van der Waals surface area contributed by atoms with Gasteiger partial charge in [0, 0.05) is 32.4 Å². The molecule has 0 radical (unpaired) electrons. The van der Waals surface area contributed by atoms with Crippen molar-refractivity contribution < 1.29 is 9.84 Å². The molecule has 0 atom stereocenters. The van der Waals surface area contributed by atoms with Crippen LogP contribution in [0.15, 0.2) is 6.07 Å². The average Bonchev–Trinajstić information content (AvgIpc) is 3.24. The van der Waals surface area contributed by atoms with Crippen LogP contribution in [0.3, 0.4) is 0 Å². The third-order valence-electron chi connectivity index (χ3n) is 3.81. The summed E-state index contributed by atoms with van der Waals surface area (Å²) in [5, 5.41) is 15.7. The zero-order chi connectivity index (χ0) is 15.1. The van der Waals surface area contributed by atoms with Gasteiger partial charge in [0.1, 0.15) is 18.2 Å². The van der Waals surface area contributed by atoms with E-state index < -0.39 is 0 Å². The quantitative estimate of drug-likeness (QED) is 0.613. The van der Waals surface area contributed by atoms with Gasteiger partial charge in [-0.3, -0.25) is 0 Å². The van der Waals surface area contributed by atoms with E-state index in [-0.39, 0.29) is 12.0 Å². The molecule has 0 amide bonds. The topological polar surface area (TPSA) is 79.3 Å². The van der Waals surface area contributed by atoms with E-state index in [0.29, 0.717) is 19.0 Å². The molecule has 1 aromatic heterocycles. The maximum absolute atomic E-state index is 9.11. The number of rotatable bonds is 10. The monoisotopic (exact) mass is 294 g/mol. The Kier molecular flexibility index (Phi) is 5.76. The predicted octanol–water partition coefficient (Wildman–Crippen LogP) is 2.02. The van der Waals surface area contributed by atoms with Gasteiger partial charge in [0.25, 0.3) is 0 Å². The normalized spacial score (nSPS) is 15.8. The van der Waals surface area contributed by atoms with Crippen LogP contribution in [0.1, 0.15) is 38.9 Å². The number of hydrogen-bond acceptors (Lipinski definition) is 6. The number of nitrogens with one attached hydrogen (secondary N) is 2. The van der Waals surface area contributed by atoms with E-state index in [1.54, 1.807) is 0 Å². The van der Waals surface area contributed by atoms with Gasteiger partial charge in [0.05, 0.1) is 0 Å². The zero-order valence-corrected chi connectivity index (χ0v) is 13.0. The molecule has 1 fully saturated rings. The van der Waals surface area contributed by atoms with Crippen LogP contribution in [0.2, 0.25) is 0 Å². The van der Waals surface area contributed by atoms with Gasteiger partial charge in [-0.15, -0.1) is 0 Å². The molecule has 0 spiro atoms. The maximum atomic E-state index is 9.11. The summed E-state index contributed by atoms with van der Waals surface area (Å²) in [5.41, 5.74) is 0.262. The lowest BCUT2D eigenvalue weighted by atomic mass is 10.0. The molecule has 1 heterocycles. The van der Waals surface area contributed by atoms with Crippen molar-refractivity contribution in [3.8, 4) is 0 Å². The molecule has 1 aliphatic carbocycles. The van der Waals surface area contributed by atoms with Gasteiger partial charge in [-0.2, -0.15) is 0 Å². The highest BCUT2D eigenvalue weighted by Gasteiger charge is 2.41. The molecule has 0 aromatic carbocycles. The number of aliphatic hydroxyl groups is 1. The number of nitrogens with zero attached hydrogens (tertiary/aromatic N) is 2. The van der Waals surface area contributed by atoms with E-state index in [1.165, 1.54) is 12.8 Å². The highest BCUT2D eigenvalue weighted by Crippen LogP contribution is 2.48. The Balaban J connectivity index is 2.01. The SMILES string of the molecule is CCNc1cc(NCC2(CCO)CC2)nc(COCC)n1. The Labute approximate surface area is 126 Å². The summed E-state index contributed by atoms with van der Waals surface area (Å²) in [6.07, 6.45) is 3.21. The molecule has 21 heavy (non-hydrogen) atoms. The molecule has 6 nitrogen and oxygen atoms in total. The Bertz CT molecular complexity index is 449. The van der Waals surface area contributed by atoms with Crippen molar-refractivity contribution in [2.75, 3.05) is 36.9 Å². The fourth-order valence-electron chi connectivity index (χ4n) is 2.32. The second-order valence-electron chi connectivity index (χ2n) is 5.55. The molecule has 0 saturated heterocycles. The maximum Gasteiger partial charge on any atom is 0.158 e. The van der Waals surface area contributed by atoms with Crippen LogP contribution < -0.4 is 10.6 Å². The fourth-order valence-corrected chi connectivity index (χ4v) is 2.32. The van der Waals surface area contributed by atoms with Gasteiger partial charge in [0.2, 0.25) is 0 Å². The average molecular weight is 294 g/mol. The van der Waals surface area contributed by atoms with Crippen molar-refractivity contribution in [3.05, 3.63) is 11.9 Å². The van der Waals surface area contributed by atoms with Gasteiger partial charge in [0.15, 0.2) is 5.82 Å². The minimum atomic E-state index is 0.254. The first-order chi connectivity index (χ1) is 10.2. The third-order valence-corrected chi connectivity index (χ3v) is 3.81. The van der Waals surface area contributed by atoms with E-state index >= 15 is 0 Å². The van der Waals surface area contributed by atoms with Crippen molar-refractivity contribution >= 4 is 11.6 Å². The molecule has 0 unspecified atom stereocenters. The first kappa shape index (κ1) is 16.0. The van der Waals surface area contributed by atoms with Crippen LogP contribution in [-0.2, 0) is 11.3 Å². The van der Waals surface area contributed by atoms with Crippen molar-refractivity contribution in [3.63, 3.8) is 0 Å². The lowest BCUT2D eigenvalue weighted by Crippen LogP contribution is -2.18. The van der Waals surface area contributed by atoms with Gasteiger partial charge in [-0.1, -0.05) is 0 Å². The first-order valence-electron chi connectivity index (χ1n) is 7.75. The third kappa shape index (κ3) is 4.82. The van der Waals surface area contributed by atoms with Crippen LogP contribution in [0, 0.1) is 5.41 Å². The fraction of sp³-hybridized carbons (Fsp3) is 0.733. The summed E-state index contributed by atoms with van der Waals surface area (Å²) in [4.78, 5) is 8.92. The van der Waals surface area contributed by atoms with Crippen LogP contribution in [-0.4, -0.2) is 41.4 Å². The molecular formula is C15H26N4O2. The largest absolute Gasteiger partial charge is 0.396 e. The van der Waals surface area contributed by atoms with Gasteiger partial charge in [-0.25, -0.2) is 9.97 Å². The Hall–Kier alpha value is -1.40. The van der Waals surface area contributed by atoms with E-state index in [2.05, 4.69) is 20.6 Å². The molecule has 2 rings (SSSR count). The second kappa shape index (κ2) is 7.56. The van der Waals surface area contributed by atoms with Crippen molar-refractivity contribution in [1.82, 2.24) is 9.97 Å². The van der Waals surface area contributed by atoms with Crippen molar-refractivity contribution in [2.45, 2.75) is 39.7 Å². The lowest BCUT2D eigenvalue weighted by molar-refractivity contribution is 0.128. The zero-order valence-electron chi connectivity index (χ0n) is 13.0. The summed E-state index contributed by atoms with van der Waals surface area (Å²) in [6, 6.07) is 1.92. The summed E-state index contributed by atoms with van der Waals surface area (Å²) in [5.74, 6) is 2.32. The van der Waals surface area contributed by atoms with Crippen LogP contribution >= 0.6 is 0 Å². The molecule has 1 aromatic rings. The van der Waals surface area contributed by atoms with Gasteiger partial charge in [-0.05, 0) is 38.5 Å². The minimum absolute atomic E-state index is 0.254. The molecule has 0 bridgehead atoms. The Morgan fingerprint density at radius 1 is 1.24 bits per heavy atom. The summed E-state index contributed by atoms with van der Waals surface area (Å²) < 4.78 is 5.39. The molecule has 118 valence electrons. The highest BCUT2D eigenvalue weighted by molar-refractivity contribution is 5.47.